The summed E-state index contributed by atoms with van der Waals surface area (Å²) in [5.74, 6) is -0.132. The number of nitrogens with zero attached hydrogens (tertiary/aromatic N) is 2. The number of amides is 2. The number of carboxylic acids is 1. The maximum Gasteiger partial charge on any atom is 0.331 e. The maximum atomic E-state index is 12.0. The molecule has 7 heteroatoms. The SMILES string of the molecule is CC1CCC(NC(=O)NC(C(=O)O)c2cnn(C)c2)C1C. The summed E-state index contributed by atoms with van der Waals surface area (Å²) in [5.41, 5.74) is 0.452. The van der Waals surface area contributed by atoms with Crippen molar-refractivity contribution < 1.29 is 14.7 Å². The summed E-state index contributed by atoms with van der Waals surface area (Å²) in [6, 6.07) is -1.44. The zero-order valence-electron chi connectivity index (χ0n) is 12.5. The lowest BCUT2D eigenvalue weighted by atomic mass is 9.98. The number of aliphatic carboxylic acids is 1. The minimum atomic E-state index is -1.11. The van der Waals surface area contributed by atoms with Crippen LogP contribution in [-0.4, -0.2) is 32.9 Å². The fraction of sp³-hybridized carbons (Fsp3) is 0.643. The Morgan fingerprint density at radius 2 is 2.14 bits per heavy atom. The number of urea groups is 1. The van der Waals surface area contributed by atoms with Crippen LogP contribution in [0.25, 0.3) is 0 Å². The Labute approximate surface area is 123 Å². The third-order valence-electron chi connectivity index (χ3n) is 4.36. The number of carbonyl (C=O) groups is 2. The zero-order chi connectivity index (χ0) is 15.6. The summed E-state index contributed by atoms with van der Waals surface area (Å²) in [7, 11) is 1.70. The minimum absolute atomic E-state index is 0.100. The summed E-state index contributed by atoms with van der Waals surface area (Å²) in [6.07, 6.45) is 5.04. The van der Waals surface area contributed by atoms with E-state index in [1.54, 1.807) is 13.2 Å². The summed E-state index contributed by atoms with van der Waals surface area (Å²) in [6.45, 7) is 4.28. The molecule has 7 nitrogen and oxygen atoms in total. The topological polar surface area (TPSA) is 96.2 Å². The van der Waals surface area contributed by atoms with Crippen LogP contribution < -0.4 is 10.6 Å². The van der Waals surface area contributed by atoms with E-state index in [0.717, 1.165) is 12.8 Å². The lowest BCUT2D eigenvalue weighted by Gasteiger charge is -2.21. The van der Waals surface area contributed by atoms with E-state index in [0.29, 0.717) is 17.4 Å². The highest BCUT2D eigenvalue weighted by molar-refractivity contribution is 5.83. The molecule has 0 spiro atoms. The molecule has 0 aromatic carbocycles. The number of hydrogen-bond donors (Lipinski definition) is 3. The van der Waals surface area contributed by atoms with E-state index in [1.807, 2.05) is 0 Å². The Bertz CT molecular complexity index is 528. The highest BCUT2D eigenvalue weighted by Gasteiger charge is 2.32. The van der Waals surface area contributed by atoms with Crippen molar-refractivity contribution in [3.05, 3.63) is 18.0 Å². The van der Waals surface area contributed by atoms with E-state index < -0.39 is 18.0 Å². The van der Waals surface area contributed by atoms with Crippen molar-refractivity contribution >= 4 is 12.0 Å². The van der Waals surface area contributed by atoms with Gasteiger partial charge in [-0.05, 0) is 24.7 Å². The monoisotopic (exact) mass is 294 g/mol. The van der Waals surface area contributed by atoms with E-state index in [1.165, 1.54) is 10.9 Å². The molecule has 1 aliphatic rings. The molecule has 1 saturated carbocycles. The van der Waals surface area contributed by atoms with Crippen molar-refractivity contribution in [3.63, 3.8) is 0 Å². The molecule has 116 valence electrons. The van der Waals surface area contributed by atoms with Gasteiger partial charge in [0.2, 0.25) is 0 Å². The molecule has 3 N–H and O–H groups in total. The largest absolute Gasteiger partial charge is 0.479 e. The lowest BCUT2D eigenvalue weighted by Crippen LogP contribution is -2.46. The van der Waals surface area contributed by atoms with E-state index in [9.17, 15) is 14.7 Å². The van der Waals surface area contributed by atoms with Crippen molar-refractivity contribution in [3.8, 4) is 0 Å². The van der Waals surface area contributed by atoms with E-state index in [2.05, 4.69) is 29.6 Å². The van der Waals surface area contributed by atoms with Gasteiger partial charge in [-0.2, -0.15) is 5.10 Å². The Balaban J connectivity index is 1.98. The molecule has 1 fully saturated rings. The lowest BCUT2D eigenvalue weighted by molar-refractivity contribution is -0.139. The first-order chi connectivity index (χ1) is 9.88. The van der Waals surface area contributed by atoms with E-state index >= 15 is 0 Å². The van der Waals surface area contributed by atoms with Gasteiger partial charge < -0.3 is 15.7 Å². The smallest absolute Gasteiger partial charge is 0.331 e. The summed E-state index contributed by atoms with van der Waals surface area (Å²) >= 11 is 0. The molecule has 1 aliphatic carbocycles. The fourth-order valence-electron chi connectivity index (χ4n) is 2.79. The number of aromatic nitrogens is 2. The predicted octanol–water partition coefficient (Wildman–Crippen LogP) is 1.28. The quantitative estimate of drug-likeness (QED) is 0.779. The highest BCUT2D eigenvalue weighted by Crippen LogP contribution is 2.31. The zero-order valence-corrected chi connectivity index (χ0v) is 12.5. The molecule has 0 aliphatic heterocycles. The first kappa shape index (κ1) is 15.3. The van der Waals surface area contributed by atoms with Crippen molar-refractivity contribution in [2.45, 2.75) is 38.8 Å². The Morgan fingerprint density at radius 1 is 1.43 bits per heavy atom. The molecule has 0 saturated heterocycles. The second-order valence-corrected chi connectivity index (χ2v) is 5.86. The van der Waals surface area contributed by atoms with Crippen LogP contribution >= 0.6 is 0 Å². The Kier molecular flexibility index (Phi) is 4.50. The first-order valence-corrected chi connectivity index (χ1v) is 7.17. The molecule has 0 radical (unpaired) electrons. The standard InChI is InChI=1S/C14H22N4O3/c1-8-4-5-11(9(8)2)16-14(21)17-12(13(19)20)10-6-15-18(3)7-10/h6-9,11-12H,4-5H2,1-3H3,(H,19,20)(H2,16,17,21). The number of carbonyl (C=O) groups excluding carboxylic acids is 1. The van der Waals surface area contributed by atoms with E-state index in [4.69, 9.17) is 0 Å². The molecular weight excluding hydrogens is 272 g/mol. The summed E-state index contributed by atoms with van der Waals surface area (Å²) < 4.78 is 1.51. The third kappa shape index (κ3) is 3.53. The number of nitrogens with one attached hydrogen (secondary N) is 2. The average molecular weight is 294 g/mol. The second-order valence-electron chi connectivity index (χ2n) is 5.86. The normalized spacial score (nSPS) is 26.3. The van der Waals surface area contributed by atoms with Crippen molar-refractivity contribution in [2.75, 3.05) is 0 Å². The fourth-order valence-corrected chi connectivity index (χ4v) is 2.79. The van der Waals surface area contributed by atoms with Gasteiger partial charge >= 0.3 is 12.0 Å². The van der Waals surface area contributed by atoms with Gasteiger partial charge in [0.05, 0.1) is 6.20 Å². The van der Waals surface area contributed by atoms with Gasteiger partial charge in [-0.1, -0.05) is 13.8 Å². The van der Waals surface area contributed by atoms with Crippen LogP contribution in [0.4, 0.5) is 4.79 Å². The van der Waals surface area contributed by atoms with Gasteiger partial charge in [0, 0.05) is 24.8 Å². The number of hydrogen-bond acceptors (Lipinski definition) is 3. The predicted molar refractivity (Wildman–Crippen MR) is 76.6 cm³/mol. The molecule has 21 heavy (non-hydrogen) atoms. The molecule has 1 aromatic heterocycles. The van der Waals surface area contributed by atoms with Gasteiger partial charge in [0.25, 0.3) is 0 Å². The van der Waals surface area contributed by atoms with Crippen molar-refractivity contribution in [1.82, 2.24) is 20.4 Å². The Hall–Kier alpha value is -2.05. The van der Waals surface area contributed by atoms with Crippen LogP contribution in [0.15, 0.2) is 12.4 Å². The average Bonchev–Trinajstić information content (AvgIpc) is 2.97. The van der Waals surface area contributed by atoms with Gasteiger partial charge in [-0.25, -0.2) is 9.59 Å². The molecular formula is C14H22N4O3. The van der Waals surface area contributed by atoms with Crippen LogP contribution in [0.5, 0.6) is 0 Å². The van der Waals surface area contributed by atoms with Crippen LogP contribution in [0.2, 0.25) is 0 Å². The third-order valence-corrected chi connectivity index (χ3v) is 4.36. The second kappa shape index (κ2) is 6.15. The number of aryl methyl sites for hydroxylation is 1. The molecule has 1 aromatic rings. The maximum absolute atomic E-state index is 12.0. The number of carboxylic acid groups (broad SMARTS) is 1. The first-order valence-electron chi connectivity index (χ1n) is 7.17. The van der Waals surface area contributed by atoms with Gasteiger partial charge in [0.1, 0.15) is 0 Å². The number of rotatable bonds is 4. The molecule has 4 atom stereocenters. The van der Waals surface area contributed by atoms with Crippen molar-refractivity contribution in [2.24, 2.45) is 18.9 Å². The van der Waals surface area contributed by atoms with Gasteiger partial charge in [-0.3, -0.25) is 4.68 Å². The summed E-state index contributed by atoms with van der Waals surface area (Å²) in [4.78, 5) is 23.4. The Morgan fingerprint density at radius 3 is 2.62 bits per heavy atom. The molecule has 2 rings (SSSR count). The van der Waals surface area contributed by atoms with Crippen LogP contribution in [-0.2, 0) is 11.8 Å². The molecule has 2 amide bonds. The minimum Gasteiger partial charge on any atom is -0.479 e. The van der Waals surface area contributed by atoms with Crippen molar-refractivity contribution in [1.29, 1.82) is 0 Å². The molecule has 0 bridgehead atoms. The summed E-state index contributed by atoms with van der Waals surface area (Å²) in [5, 5.41) is 18.6. The molecule has 1 heterocycles. The highest BCUT2D eigenvalue weighted by atomic mass is 16.4. The molecule has 4 unspecified atom stereocenters. The van der Waals surface area contributed by atoms with E-state index in [-0.39, 0.29) is 6.04 Å². The van der Waals surface area contributed by atoms with Crippen LogP contribution in [0.3, 0.4) is 0 Å². The van der Waals surface area contributed by atoms with Gasteiger partial charge in [-0.15, -0.1) is 0 Å². The van der Waals surface area contributed by atoms with Crippen LogP contribution in [0.1, 0.15) is 38.3 Å². The van der Waals surface area contributed by atoms with Crippen LogP contribution in [0, 0.1) is 11.8 Å². The van der Waals surface area contributed by atoms with Gasteiger partial charge in [0.15, 0.2) is 6.04 Å².